The summed E-state index contributed by atoms with van der Waals surface area (Å²) in [6.45, 7) is 0. The highest BCUT2D eigenvalue weighted by atomic mass is 32.2. The average molecular weight is 719 g/mol. The Balaban J connectivity index is 1.12. The van der Waals surface area contributed by atoms with Crippen molar-refractivity contribution in [1.29, 1.82) is 0 Å². The Morgan fingerprint density at radius 2 is 0.964 bits per heavy atom. The molecule has 256 valence electrons. The van der Waals surface area contributed by atoms with Gasteiger partial charge in [0.1, 0.15) is 5.54 Å². The number of nitrogens with zero attached hydrogens (tertiary/aromatic N) is 4. The van der Waals surface area contributed by atoms with Gasteiger partial charge in [-0.15, -0.1) is 0 Å². The molecular weight excluding hydrogens is 689 g/mol. The lowest BCUT2D eigenvalue weighted by molar-refractivity contribution is 0.484. The van der Waals surface area contributed by atoms with E-state index >= 15 is 0 Å². The summed E-state index contributed by atoms with van der Waals surface area (Å²) in [6, 6.07) is 66.9. The predicted molar refractivity (Wildman–Crippen MR) is 226 cm³/mol. The normalized spacial score (nSPS) is 13.9. The zero-order chi connectivity index (χ0) is 35.8. The van der Waals surface area contributed by atoms with Gasteiger partial charge in [0.05, 0.1) is 33.1 Å². The van der Waals surface area contributed by atoms with Crippen molar-refractivity contribution in [2.24, 2.45) is 0 Å². The Labute approximate surface area is 320 Å². The molecule has 8 aromatic carbocycles. The van der Waals surface area contributed by atoms with Gasteiger partial charge < -0.3 is 9.13 Å². The van der Waals surface area contributed by atoms with Crippen molar-refractivity contribution in [2.75, 3.05) is 0 Å². The van der Waals surface area contributed by atoms with Crippen LogP contribution in [0.25, 0.3) is 77.1 Å². The summed E-state index contributed by atoms with van der Waals surface area (Å²) in [4.78, 5) is 6.54. The van der Waals surface area contributed by atoms with Crippen LogP contribution in [0.2, 0.25) is 0 Å². The molecule has 0 N–H and O–H groups in total. The van der Waals surface area contributed by atoms with Crippen molar-refractivity contribution in [3.05, 3.63) is 199 Å². The monoisotopic (exact) mass is 718 g/mol. The molecule has 0 radical (unpaired) electrons. The molecule has 0 amide bonds. The molecule has 0 atom stereocenters. The zero-order valence-electron chi connectivity index (χ0n) is 29.5. The second-order valence-electron chi connectivity index (χ2n) is 14.7. The smallest absolute Gasteiger partial charge is 0.175 e. The van der Waals surface area contributed by atoms with Crippen molar-refractivity contribution in [3.63, 3.8) is 0 Å². The van der Waals surface area contributed by atoms with Crippen LogP contribution in [0.15, 0.2) is 192 Å². The molecule has 13 rings (SSSR count). The molecule has 4 nitrogen and oxygen atoms in total. The Kier molecular flexibility index (Phi) is 5.74. The van der Waals surface area contributed by atoms with Gasteiger partial charge in [-0.25, -0.2) is 4.98 Å². The van der Waals surface area contributed by atoms with Gasteiger partial charge in [0.15, 0.2) is 5.16 Å². The number of fused-ring (bicyclic) bond motifs is 17. The molecule has 1 spiro atoms. The van der Waals surface area contributed by atoms with Gasteiger partial charge in [0, 0.05) is 43.4 Å². The number of hydrogen-bond acceptors (Lipinski definition) is 2. The molecule has 1 aliphatic heterocycles. The maximum absolute atomic E-state index is 5.32. The van der Waals surface area contributed by atoms with E-state index in [1.165, 1.54) is 76.3 Å². The van der Waals surface area contributed by atoms with E-state index in [-0.39, 0.29) is 0 Å². The lowest BCUT2D eigenvalue weighted by Gasteiger charge is -2.40. The fraction of sp³-hybridized carbons (Fsp3) is 0.0200. The molecule has 0 saturated heterocycles. The van der Waals surface area contributed by atoms with E-state index in [2.05, 4.69) is 196 Å². The van der Waals surface area contributed by atoms with Gasteiger partial charge in [0.25, 0.3) is 0 Å². The van der Waals surface area contributed by atoms with Crippen LogP contribution in [0.5, 0.6) is 0 Å². The molecule has 0 unspecified atom stereocenters. The number of rotatable bonds is 2. The van der Waals surface area contributed by atoms with Crippen LogP contribution in [-0.2, 0) is 5.54 Å². The molecule has 11 aromatic rings. The van der Waals surface area contributed by atoms with E-state index in [1.807, 2.05) is 0 Å². The molecule has 4 heterocycles. The third-order valence-electron chi connectivity index (χ3n) is 12.1. The van der Waals surface area contributed by atoms with Crippen LogP contribution in [0, 0.1) is 0 Å². The second kappa shape index (κ2) is 10.7. The number of aromatic nitrogens is 4. The van der Waals surface area contributed by atoms with E-state index in [1.54, 1.807) is 11.8 Å². The highest BCUT2D eigenvalue weighted by Crippen LogP contribution is 2.60. The first-order chi connectivity index (χ1) is 27.3. The molecule has 0 saturated carbocycles. The Bertz CT molecular complexity index is 3370. The average Bonchev–Trinajstić information content (AvgIpc) is 3.96. The van der Waals surface area contributed by atoms with Gasteiger partial charge in [-0.2, -0.15) is 0 Å². The maximum atomic E-state index is 5.32. The standard InChI is InChI=1S/C50H30N4S/c1-2-14-31(15-3-1)52-43-23-11-6-18-35(43)37-29-38-36-19-7-12-24-44(36)53(47(38)30-46(37)52)32-26-27-41-48(28-32)55-49-51-42-22-10-13-25-45(42)54(49)50(41)39-20-8-4-16-33(39)34-17-5-9-21-40(34)50/h1-30H. The fourth-order valence-corrected chi connectivity index (χ4v) is 11.1. The van der Waals surface area contributed by atoms with Crippen LogP contribution in [0.4, 0.5) is 0 Å². The SMILES string of the molecule is c1ccc(-n2c3ccccc3c3cc4c5ccccc5n(-c5ccc6c(c5)Sc5nc7ccccc7n5C65c6ccccc6-c6ccccc65)c4cc32)cc1. The van der Waals surface area contributed by atoms with E-state index in [4.69, 9.17) is 4.98 Å². The summed E-state index contributed by atoms with van der Waals surface area (Å²) in [5, 5.41) is 6.03. The summed E-state index contributed by atoms with van der Waals surface area (Å²) < 4.78 is 7.40. The molecule has 1 aliphatic carbocycles. The summed E-state index contributed by atoms with van der Waals surface area (Å²) in [5.74, 6) is 0. The van der Waals surface area contributed by atoms with Crippen molar-refractivity contribution >= 4 is 66.4 Å². The minimum Gasteiger partial charge on any atom is -0.309 e. The number of hydrogen-bond donors (Lipinski definition) is 0. The molecule has 3 aromatic heterocycles. The van der Waals surface area contributed by atoms with E-state index < -0.39 is 5.54 Å². The summed E-state index contributed by atoms with van der Waals surface area (Å²) in [6.07, 6.45) is 0. The Morgan fingerprint density at radius 1 is 0.400 bits per heavy atom. The van der Waals surface area contributed by atoms with Gasteiger partial charge in [-0.05, 0) is 82.9 Å². The second-order valence-corrected chi connectivity index (χ2v) is 15.7. The van der Waals surface area contributed by atoms with Crippen molar-refractivity contribution in [1.82, 2.24) is 18.7 Å². The first-order valence-corrected chi connectivity index (χ1v) is 19.6. The molecule has 5 heteroatoms. The number of imidazole rings is 1. The number of benzene rings is 8. The van der Waals surface area contributed by atoms with Crippen LogP contribution >= 0.6 is 11.8 Å². The first-order valence-electron chi connectivity index (χ1n) is 18.8. The number of para-hydroxylation sites is 5. The lowest BCUT2D eigenvalue weighted by atomic mass is 9.79. The van der Waals surface area contributed by atoms with Crippen LogP contribution in [0.1, 0.15) is 16.7 Å². The Hall–Kier alpha value is -6.82. The summed E-state index contributed by atoms with van der Waals surface area (Å²) in [7, 11) is 0. The highest BCUT2D eigenvalue weighted by Gasteiger charge is 2.51. The topological polar surface area (TPSA) is 27.7 Å². The molecule has 55 heavy (non-hydrogen) atoms. The van der Waals surface area contributed by atoms with Crippen molar-refractivity contribution in [2.45, 2.75) is 15.6 Å². The summed E-state index contributed by atoms with van der Waals surface area (Å²) >= 11 is 1.78. The minimum absolute atomic E-state index is 0.568. The van der Waals surface area contributed by atoms with Gasteiger partial charge in [-0.3, -0.25) is 4.57 Å². The van der Waals surface area contributed by atoms with Gasteiger partial charge >= 0.3 is 0 Å². The fourth-order valence-electron chi connectivity index (χ4n) is 9.96. The molecule has 2 aliphatic rings. The lowest BCUT2D eigenvalue weighted by Crippen LogP contribution is -2.38. The molecule has 0 fully saturated rings. The van der Waals surface area contributed by atoms with Crippen molar-refractivity contribution in [3.8, 4) is 22.5 Å². The third kappa shape index (κ3) is 3.71. The van der Waals surface area contributed by atoms with Crippen LogP contribution in [0.3, 0.4) is 0 Å². The van der Waals surface area contributed by atoms with E-state index in [0.717, 1.165) is 27.6 Å². The Morgan fingerprint density at radius 3 is 1.65 bits per heavy atom. The first kappa shape index (κ1) is 29.6. The van der Waals surface area contributed by atoms with E-state index in [9.17, 15) is 0 Å². The predicted octanol–water partition coefficient (Wildman–Crippen LogP) is 12.5. The van der Waals surface area contributed by atoms with Gasteiger partial charge in [-0.1, -0.05) is 133 Å². The van der Waals surface area contributed by atoms with Crippen LogP contribution in [-0.4, -0.2) is 18.7 Å². The van der Waals surface area contributed by atoms with Crippen molar-refractivity contribution < 1.29 is 0 Å². The van der Waals surface area contributed by atoms with Gasteiger partial charge in [0.2, 0.25) is 0 Å². The third-order valence-corrected chi connectivity index (χ3v) is 13.1. The zero-order valence-corrected chi connectivity index (χ0v) is 30.3. The summed E-state index contributed by atoms with van der Waals surface area (Å²) in [5.41, 5.74) is 15.1. The van der Waals surface area contributed by atoms with E-state index in [0.29, 0.717) is 0 Å². The molecular formula is C50H30N4S. The molecule has 0 bridgehead atoms. The maximum Gasteiger partial charge on any atom is 0.175 e. The largest absolute Gasteiger partial charge is 0.309 e. The minimum atomic E-state index is -0.568. The quantitative estimate of drug-likeness (QED) is 0.178. The van der Waals surface area contributed by atoms with Crippen LogP contribution < -0.4 is 0 Å². The highest BCUT2D eigenvalue weighted by molar-refractivity contribution is 7.99.